The molecular weight excluding hydrogens is 473 g/mol. The van der Waals surface area contributed by atoms with Crippen molar-refractivity contribution in [3.63, 3.8) is 0 Å². The summed E-state index contributed by atoms with van der Waals surface area (Å²) in [5.74, 6) is 0.535. The van der Waals surface area contributed by atoms with E-state index < -0.39 is 6.10 Å². The molecule has 182 valence electrons. The Kier molecular flexibility index (Phi) is 6.87. The van der Waals surface area contributed by atoms with Gasteiger partial charge in [0.05, 0.1) is 6.54 Å². The van der Waals surface area contributed by atoms with Crippen molar-refractivity contribution in [1.82, 2.24) is 25.3 Å². The van der Waals surface area contributed by atoms with Crippen molar-refractivity contribution in [3.05, 3.63) is 69.9 Å². The molecule has 0 bridgehead atoms. The van der Waals surface area contributed by atoms with Gasteiger partial charge in [-0.15, -0.1) is 10.2 Å². The van der Waals surface area contributed by atoms with E-state index in [4.69, 9.17) is 9.47 Å². The number of carbonyl (C=O) groups is 2. The van der Waals surface area contributed by atoms with Crippen LogP contribution in [0.2, 0.25) is 0 Å². The number of fused-ring (bicyclic) bond motifs is 1. The molecule has 1 N–H and O–H groups in total. The maximum absolute atomic E-state index is 13.0. The van der Waals surface area contributed by atoms with E-state index in [9.17, 15) is 14.0 Å². The lowest BCUT2D eigenvalue weighted by atomic mass is 10.2. The molecule has 5 rings (SSSR count). The van der Waals surface area contributed by atoms with E-state index in [2.05, 4.69) is 20.4 Å². The number of halogens is 1. The van der Waals surface area contributed by atoms with E-state index in [1.807, 2.05) is 18.2 Å². The van der Waals surface area contributed by atoms with Crippen LogP contribution < -0.4 is 14.8 Å². The zero-order valence-electron chi connectivity index (χ0n) is 18.9. The predicted octanol–water partition coefficient (Wildman–Crippen LogP) is 2.09. The minimum Gasteiger partial charge on any atom is -0.485 e. The Hall–Kier alpha value is -3.57. The van der Waals surface area contributed by atoms with Crippen LogP contribution >= 0.6 is 11.3 Å². The molecule has 2 amide bonds. The Balaban J connectivity index is 1.08. The fourth-order valence-corrected chi connectivity index (χ4v) is 4.73. The number of hydrogen-bond donors (Lipinski definition) is 1. The monoisotopic (exact) mass is 497 g/mol. The van der Waals surface area contributed by atoms with E-state index in [1.54, 1.807) is 23.1 Å². The zero-order valence-corrected chi connectivity index (χ0v) is 19.7. The number of aromatic nitrogens is 2. The molecule has 1 fully saturated rings. The molecule has 1 atom stereocenters. The molecule has 0 saturated carbocycles. The lowest BCUT2D eigenvalue weighted by Gasteiger charge is -2.36. The van der Waals surface area contributed by atoms with Gasteiger partial charge in [-0.25, -0.2) is 4.39 Å². The van der Waals surface area contributed by atoms with Crippen molar-refractivity contribution in [2.75, 3.05) is 32.8 Å². The third-order valence-electron chi connectivity index (χ3n) is 5.85. The number of piperazine rings is 1. The fraction of sp³-hybridized carbons (Fsp3) is 0.333. The van der Waals surface area contributed by atoms with Crippen molar-refractivity contribution < 1.29 is 23.5 Å². The van der Waals surface area contributed by atoms with Crippen LogP contribution in [0.4, 0.5) is 4.39 Å². The van der Waals surface area contributed by atoms with Crippen molar-refractivity contribution in [1.29, 1.82) is 0 Å². The molecule has 0 radical (unpaired) electrons. The van der Waals surface area contributed by atoms with Gasteiger partial charge < -0.3 is 19.7 Å². The number of rotatable bonds is 6. The highest BCUT2D eigenvalue weighted by Crippen LogP contribution is 2.31. The van der Waals surface area contributed by atoms with Crippen molar-refractivity contribution in [2.24, 2.45) is 0 Å². The van der Waals surface area contributed by atoms with Crippen LogP contribution in [0.25, 0.3) is 0 Å². The molecule has 2 aliphatic heterocycles. The molecular formula is C24H24FN5O4S. The van der Waals surface area contributed by atoms with E-state index >= 15 is 0 Å². The van der Waals surface area contributed by atoms with Crippen LogP contribution in [0.3, 0.4) is 0 Å². The van der Waals surface area contributed by atoms with Gasteiger partial charge in [0.15, 0.2) is 11.5 Å². The summed E-state index contributed by atoms with van der Waals surface area (Å²) >= 11 is 1.24. The number of ether oxygens (including phenoxy) is 2. The van der Waals surface area contributed by atoms with Gasteiger partial charge in [0.25, 0.3) is 11.8 Å². The summed E-state index contributed by atoms with van der Waals surface area (Å²) in [6.07, 6.45) is -0.643. The molecule has 1 saturated heterocycles. The molecule has 3 aromatic rings. The molecule has 0 spiro atoms. The molecule has 2 aromatic carbocycles. The summed E-state index contributed by atoms with van der Waals surface area (Å²) in [7, 11) is 0. The Labute approximate surface area is 205 Å². The molecule has 11 heteroatoms. The number of nitrogens with one attached hydrogen (secondary N) is 1. The normalized spacial score (nSPS) is 17.7. The molecule has 9 nitrogen and oxygen atoms in total. The summed E-state index contributed by atoms with van der Waals surface area (Å²) in [6, 6.07) is 13.3. The number of carbonyl (C=O) groups excluding carboxylic acids is 2. The number of amides is 2. The summed E-state index contributed by atoms with van der Waals surface area (Å²) in [4.78, 5) is 29.3. The third kappa shape index (κ3) is 5.57. The quantitative estimate of drug-likeness (QED) is 0.557. The van der Waals surface area contributed by atoms with E-state index in [1.165, 1.54) is 23.5 Å². The Morgan fingerprint density at radius 2 is 1.77 bits per heavy atom. The fourth-order valence-electron chi connectivity index (χ4n) is 3.93. The highest BCUT2D eigenvalue weighted by molar-refractivity contribution is 7.13. The van der Waals surface area contributed by atoms with E-state index in [0.717, 1.165) is 10.6 Å². The molecule has 1 aromatic heterocycles. The second-order valence-electron chi connectivity index (χ2n) is 8.28. The zero-order chi connectivity index (χ0) is 24.2. The van der Waals surface area contributed by atoms with Gasteiger partial charge in [0.1, 0.15) is 17.4 Å². The highest BCUT2D eigenvalue weighted by Gasteiger charge is 2.32. The van der Waals surface area contributed by atoms with Gasteiger partial charge in [-0.1, -0.05) is 35.6 Å². The average Bonchev–Trinajstić information content (AvgIpc) is 3.36. The number of benzene rings is 2. The maximum atomic E-state index is 13.0. The highest BCUT2D eigenvalue weighted by atomic mass is 32.1. The first-order valence-corrected chi connectivity index (χ1v) is 12.1. The molecule has 2 aliphatic rings. The smallest absolute Gasteiger partial charge is 0.282 e. The largest absolute Gasteiger partial charge is 0.485 e. The number of para-hydroxylation sites is 2. The molecule has 0 unspecified atom stereocenters. The van der Waals surface area contributed by atoms with Crippen LogP contribution in [-0.2, 0) is 17.9 Å². The summed E-state index contributed by atoms with van der Waals surface area (Å²) in [5.41, 5.74) is 0.798. The van der Waals surface area contributed by atoms with Crippen LogP contribution in [0, 0.1) is 5.82 Å². The van der Waals surface area contributed by atoms with Gasteiger partial charge in [0.2, 0.25) is 11.1 Å². The number of nitrogens with zero attached hydrogens (tertiary/aromatic N) is 4. The SMILES string of the molecule is O=C(NCc1ccc(F)cc1)c1nnc(CN2CCN(C(=O)[C@@H]3COc4ccccc4O3)CC2)s1. The van der Waals surface area contributed by atoms with Crippen LogP contribution in [-0.4, -0.2) is 70.7 Å². The minimum absolute atomic E-state index is 0.0739. The lowest BCUT2D eigenvalue weighted by Crippen LogP contribution is -2.53. The van der Waals surface area contributed by atoms with Crippen molar-refractivity contribution >= 4 is 23.2 Å². The Morgan fingerprint density at radius 3 is 2.54 bits per heavy atom. The average molecular weight is 498 g/mol. The molecule has 3 heterocycles. The van der Waals surface area contributed by atoms with Crippen LogP contribution in [0.5, 0.6) is 11.5 Å². The molecule has 0 aliphatic carbocycles. The topological polar surface area (TPSA) is 96.9 Å². The predicted molar refractivity (Wildman–Crippen MR) is 126 cm³/mol. The van der Waals surface area contributed by atoms with Crippen molar-refractivity contribution in [2.45, 2.75) is 19.2 Å². The van der Waals surface area contributed by atoms with Crippen LogP contribution in [0.15, 0.2) is 48.5 Å². The second-order valence-corrected chi connectivity index (χ2v) is 9.34. The minimum atomic E-state index is -0.643. The van der Waals surface area contributed by atoms with Crippen LogP contribution in [0.1, 0.15) is 20.4 Å². The first-order chi connectivity index (χ1) is 17.0. The Morgan fingerprint density at radius 1 is 1.03 bits per heavy atom. The third-order valence-corrected chi connectivity index (χ3v) is 6.76. The van der Waals surface area contributed by atoms with E-state index in [-0.39, 0.29) is 35.8 Å². The maximum Gasteiger partial charge on any atom is 0.282 e. The summed E-state index contributed by atoms with van der Waals surface area (Å²) in [6.45, 7) is 3.55. The standard InChI is InChI=1S/C24H24FN5O4S/c25-17-7-5-16(6-8-17)13-26-22(31)23-28-27-21(35-23)14-29-9-11-30(12-10-29)24(32)20-15-33-18-3-1-2-4-19(18)34-20/h1-8,20H,9-15H2,(H,26,31)/t20-/m0/s1. The van der Waals surface area contributed by atoms with Gasteiger partial charge in [-0.3, -0.25) is 14.5 Å². The Bertz CT molecular complexity index is 1200. The van der Waals surface area contributed by atoms with Gasteiger partial charge in [0, 0.05) is 32.7 Å². The summed E-state index contributed by atoms with van der Waals surface area (Å²) < 4.78 is 24.5. The first-order valence-electron chi connectivity index (χ1n) is 11.3. The number of hydrogen-bond acceptors (Lipinski definition) is 8. The van der Waals surface area contributed by atoms with Gasteiger partial charge in [-0.05, 0) is 29.8 Å². The first kappa shape index (κ1) is 23.2. The van der Waals surface area contributed by atoms with Gasteiger partial charge >= 0.3 is 0 Å². The summed E-state index contributed by atoms with van der Waals surface area (Å²) in [5, 5.41) is 11.9. The van der Waals surface area contributed by atoms with Crippen molar-refractivity contribution in [3.8, 4) is 11.5 Å². The van der Waals surface area contributed by atoms with E-state index in [0.29, 0.717) is 44.2 Å². The van der Waals surface area contributed by atoms with Gasteiger partial charge in [-0.2, -0.15) is 0 Å². The molecule has 35 heavy (non-hydrogen) atoms. The lowest BCUT2D eigenvalue weighted by molar-refractivity contribution is -0.143. The second kappa shape index (κ2) is 10.4.